The topological polar surface area (TPSA) is 97.7 Å². The second-order valence-electron chi connectivity index (χ2n) is 6.54. The predicted molar refractivity (Wildman–Crippen MR) is 111 cm³/mol. The molecule has 0 saturated carbocycles. The van der Waals surface area contributed by atoms with Gasteiger partial charge in [0.25, 0.3) is 0 Å². The lowest BCUT2D eigenvalue weighted by molar-refractivity contribution is -0.153. The van der Waals surface area contributed by atoms with Crippen LogP contribution >= 0.6 is 0 Å². The lowest BCUT2D eigenvalue weighted by atomic mass is 10.1. The number of hydrogen-bond acceptors (Lipinski definition) is 7. The van der Waals surface area contributed by atoms with Crippen molar-refractivity contribution in [3.8, 4) is 0 Å². The van der Waals surface area contributed by atoms with E-state index in [-0.39, 0.29) is 0 Å². The zero-order chi connectivity index (χ0) is 21.8. The SMILES string of the molecule is C=CC(=O)OC1(CCCc2ccccc2)CO1.Cc1ccc(N=C=O)cc1N=C=O. The van der Waals surface area contributed by atoms with Crippen LogP contribution in [0.5, 0.6) is 0 Å². The van der Waals surface area contributed by atoms with Crippen molar-refractivity contribution in [2.75, 3.05) is 6.61 Å². The fourth-order valence-corrected chi connectivity index (χ4v) is 2.66. The Morgan fingerprint density at radius 1 is 1.20 bits per heavy atom. The van der Waals surface area contributed by atoms with Crippen LogP contribution in [0, 0.1) is 6.92 Å². The molecule has 2 aromatic carbocycles. The zero-order valence-corrected chi connectivity index (χ0v) is 16.7. The van der Waals surface area contributed by atoms with Gasteiger partial charge in [0.15, 0.2) is 0 Å². The molecule has 1 atom stereocenters. The number of hydrogen-bond donors (Lipinski definition) is 0. The fraction of sp³-hybridized carbons (Fsp3) is 0.261. The highest BCUT2D eigenvalue weighted by molar-refractivity contribution is 5.81. The average molecular weight is 406 g/mol. The van der Waals surface area contributed by atoms with Gasteiger partial charge in [0.05, 0.1) is 11.4 Å². The summed E-state index contributed by atoms with van der Waals surface area (Å²) in [5.74, 6) is -1.08. The van der Waals surface area contributed by atoms with Crippen molar-refractivity contribution in [2.45, 2.75) is 32.0 Å². The van der Waals surface area contributed by atoms with Gasteiger partial charge in [-0.1, -0.05) is 43.0 Å². The van der Waals surface area contributed by atoms with Crippen molar-refractivity contribution in [1.82, 2.24) is 0 Å². The monoisotopic (exact) mass is 406 g/mol. The molecular formula is C23H22N2O5. The number of esters is 1. The molecule has 0 aromatic heterocycles. The maximum Gasteiger partial charge on any atom is 0.332 e. The van der Waals surface area contributed by atoms with E-state index >= 15 is 0 Å². The van der Waals surface area contributed by atoms with Gasteiger partial charge in [-0.05, 0) is 43.0 Å². The highest BCUT2D eigenvalue weighted by atomic mass is 16.8. The number of ether oxygens (including phenoxy) is 2. The molecular weight excluding hydrogens is 384 g/mol. The van der Waals surface area contributed by atoms with Gasteiger partial charge in [-0.25, -0.2) is 14.4 Å². The van der Waals surface area contributed by atoms with Crippen LogP contribution in [0.25, 0.3) is 0 Å². The van der Waals surface area contributed by atoms with Crippen LogP contribution in [0.3, 0.4) is 0 Å². The van der Waals surface area contributed by atoms with Gasteiger partial charge in [-0.15, -0.1) is 0 Å². The fourth-order valence-electron chi connectivity index (χ4n) is 2.66. The van der Waals surface area contributed by atoms with Gasteiger partial charge in [-0.2, -0.15) is 9.98 Å². The third-order valence-electron chi connectivity index (χ3n) is 4.32. The Labute approximate surface area is 174 Å². The minimum Gasteiger partial charge on any atom is -0.427 e. The molecule has 0 radical (unpaired) electrons. The average Bonchev–Trinajstić information content (AvgIpc) is 3.51. The van der Waals surface area contributed by atoms with Crippen LogP contribution in [0.1, 0.15) is 24.0 Å². The second-order valence-corrected chi connectivity index (χ2v) is 6.54. The Morgan fingerprint density at radius 3 is 2.50 bits per heavy atom. The van der Waals surface area contributed by atoms with Crippen molar-refractivity contribution in [1.29, 1.82) is 0 Å². The summed E-state index contributed by atoms with van der Waals surface area (Å²) >= 11 is 0. The quantitative estimate of drug-likeness (QED) is 0.213. The normalized spacial score (nSPS) is 16.0. The molecule has 1 unspecified atom stereocenters. The van der Waals surface area contributed by atoms with E-state index in [1.165, 1.54) is 29.9 Å². The molecule has 0 bridgehead atoms. The molecule has 7 nitrogen and oxygen atoms in total. The molecule has 0 spiro atoms. The van der Waals surface area contributed by atoms with Gasteiger partial charge in [0.2, 0.25) is 17.9 Å². The number of isocyanates is 2. The Balaban J connectivity index is 0.000000222. The van der Waals surface area contributed by atoms with Crippen LogP contribution < -0.4 is 0 Å². The van der Waals surface area contributed by atoms with Gasteiger partial charge in [0, 0.05) is 12.5 Å². The molecule has 1 aliphatic rings. The minimum absolute atomic E-state index is 0.415. The Bertz CT molecular complexity index is 970. The number of carbonyl (C=O) groups is 1. The number of epoxide rings is 1. The molecule has 1 fully saturated rings. The molecule has 3 rings (SSSR count). The Kier molecular flexibility index (Phi) is 8.60. The molecule has 0 amide bonds. The lowest BCUT2D eigenvalue weighted by Crippen LogP contribution is -2.20. The molecule has 1 saturated heterocycles. The molecule has 0 aliphatic carbocycles. The van der Waals surface area contributed by atoms with E-state index < -0.39 is 11.8 Å². The summed E-state index contributed by atoms with van der Waals surface area (Å²) in [5.41, 5.74) is 3.01. The highest BCUT2D eigenvalue weighted by Gasteiger charge is 2.48. The summed E-state index contributed by atoms with van der Waals surface area (Å²) in [7, 11) is 0. The molecule has 1 heterocycles. The van der Waals surface area contributed by atoms with Crippen LogP contribution in [0.4, 0.5) is 11.4 Å². The van der Waals surface area contributed by atoms with E-state index in [4.69, 9.17) is 9.47 Å². The highest BCUT2D eigenvalue weighted by Crippen LogP contribution is 2.34. The summed E-state index contributed by atoms with van der Waals surface area (Å²) in [6.45, 7) is 5.67. The van der Waals surface area contributed by atoms with Crippen LogP contribution in [-0.2, 0) is 30.3 Å². The minimum atomic E-state index is -0.667. The molecule has 30 heavy (non-hydrogen) atoms. The van der Waals surface area contributed by atoms with Gasteiger partial charge >= 0.3 is 5.97 Å². The van der Waals surface area contributed by atoms with Crippen LogP contribution in [0.15, 0.2) is 71.2 Å². The first-order valence-electron chi connectivity index (χ1n) is 9.31. The molecule has 1 aliphatic heterocycles. The van der Waals surface area contributed by atoms with Gasteiger partial charge in [-0.3, -0.25) is 0 Å². The largest absolute Gasteiger partial charge is 0.427 e. The first-order chi connectivity index (χ1) is 14.5. The molecule has 2 aromatic rings. The van der Waals surface area contributed by atoms with E-state index in [2.05, 4.69) is 28.7 Å². The van der Waals surface area contributed by atoms with Gasteiger partial charge in [0.1, 0.15) is 6.61 Å². The Hall–Kier alpha value is -3.63. The van der Waals surface area contributed by atoms with E-state index in [1.54, 1.807) is 19.1 Å². The van der Waals surface area contributed by atoms with E-state index in [0.717, 1.165) is 24.8 Å². The maximum atomic E-state index is 11.1. The second kappa shape index (κ2) is 11.4. The van der Waals surface area contributed by atoms with E-state index in [1.807, 2.05) is 18.2 Å². The summed E-state index contributed by atoms with van der Waals surface area (Å²) in [6, 6.07) is 15.1. The van der Waals surface area contributed by atoms with E-state index in [9.17, 15) is 14.4 Å². The lowest BCUT2D eigenvalue weighted by Gasteiger charge is -2.11. The smallest absolute Gasteiger partial charge is 0.332 e. The molecule has 0 N–H and O–H groups in total. The number of benzene rings is 2. The first kappa shape index (κ1) is 22.7. The summed E-state index contributed by atoms with van der Waals surface area (Å²) in [4.78, 5) is 37.9. The molecule has 7 heteroatoms. The van der Waals surface area contributed by atoms with Crippen molar-refractivity contribution in [3.63, 3.8) is 0 Å². The summed E-state index contributed by atoms with van der Waals surface area (Å²) in [5, 5.41) is 0. The zero-order valence-electron chi connectivity index (χ0n) is 16.7. The standard InChI is InChI=1S/C14H16O3.C9H6N2O2/c1-2-13(15)17-14(11-16-14)10-6-9-12-7-4-3-5-8-12;1-7-2-3-8(10-5-12)4-9(7)11-6-13/h2-5,7-8H,1,6,9-11H2;2-4H,1H3. The van der Waals surface area contributed by atoms with Crippen LogP contribution in [0.2, 0.25) is 0 Å². The number of aliphatic imine (C=N–C) groups is 2. The number of aryl methyl sites for hydroxylation is 2. The van der Waals surface area contributed by atoms with E-state index in [0.29, 0.717) is 18.0 Å². The third-order valence-corrected chi connectivity index (χ3v) is 4.32. The van der Waals surface area contributed by atoms with Gasteiger partial charge < -0.3 is 9.47 Å². The van der Waals surface area contributed by atoms with Crippen molar-refractivity contribution < 1.29 is 23.9 Å². The third kappa shape index (κ3) is 7.41. The number of nitrogens with zero attached hydrogens (tertiary/aromatic N) is 2. The first-order valence-corrected chi connectivity index (χ1v) is 9.31. The maximum absolute atomic E-state index is 11.1. The van der Waals surface area contributed by atoms with Crippen LogP contribution in [-0.4, -0.2) is 30.5 Å². The van der Waals surface area contributed by atoms with Crippen molar-refractivity contribution in [2.24, 2.45) is 9.98 Å². The summed E-state index contributed by atoms with van der Waals surface area (Å²) in [6.07, 6.45) is 6.65. The predicted octanol–water partition coefficient (Wildman–Crippen LogP) is 4.39. The number of carbonyl (C=O) groups excluding carboxylic acids is 3. The van der Waals surface area contributed by atoms with Crippen molar-refractivity contribution >= 4 is 29.5 Å². The molecule has 154 valence electrons. The van der Waals surface area contributed by atoms with Crippen molar-refractivity contribution in [3.05, 3.63) is 72.3 Å². The Morgan fingerprint density at radius 2 is 1.90 bits per heavy atom. The number of rotatable bonds is 8. The summed E-state index contributed by atoms with van der Waals surface area (Å²) < 4.78 is 10.4.